The van der Waals surface area contributed by atoms with Gasteiger partial charge in [-0.25, -0.2) is 9.59 Å². The van der Waals surface area contributed by atoms with Gasteiger partial charge in [-0.1, -0.05) is 69.3 Å². The number of carbonyl (C=O) groups excluding carboxylic acids is 3. The zero-order valence-electron chi connectivity index (χ0n) is 24.1. The number of hydrogen-bond donors (Lipinski definition) is 3. The number of ether oxygens (including phenoxy) is 2. The van der Waals surface area contributed by atoms with Crippen molar-refractivity contribution in [1.82, 2.24) is 0 Å². The number of aliphatic hydroxyl groups is 3. The average molecular weight is 573 g/mol. The highest BCUT2D eigenvalue weighted by atomic mass is 16.6. The first-order chi connectivity index (χ1) is 19.8. The van der Waals surface area contributed by atoms with E-state index in [1.54, 1.807) is 86.7 Å². The quantitative estimate of drug-likeness (QED) is 0.366. The fourth-order valence-electron chi connectivity index (χ4n) is 8.37. The van der Waals surface area contributed by atoms with Gasteiger partial charge in [-0.05, 0) is 42.3 Å². The van der Waals surface area contributed by atoms with Crippen LogP contribution >= 0.6 is 0 Å². The molecule has 2 aromatic carbocycles. The molecule has 8 nitrogen and oxygen atoms in total. The molecule has 0 aromatic heterocycles. The Hall–Kier alpha value is -3.59. The molecule has 0 amide bonds. The topological polar surface area (TPSA) is 130 Å². The summed E-state index contributed by atoms with van der Waals surface area (Å²) in [4.78, 5) is 40.5. The van der Waals surface area contributed by atoms with Crippen LogP contribution in [0.1, 0.15) is 54.8 Å². The molecule has 2 fully saturated rings. The number of carbonyl (C=O) groups is 3. The number of fused-ring (bicyclic) bond motifs is 5. The molecule has 220 valence electrons. The fraction of sp³-hybridized carbons (Fsp3) is 0.441. The fourth-order valence-corrected chi connectivity index (χ4v) is 8.37. The lowest BCUT2D eigenvalue weighted by atomic mass is 9.59. The Morgan fingerprint density at radius 2 is 1.50 bits per heavy atom. The summed E-state index contributed by atoms with van der Waals surface area (Å²) in [6.07, 6.45) is 2.07. The van der Waals surface area contributed by atoms with Gasteiger partial charge in [0, 0.05) is 35.5 Å². The molecule has 8 heteroatoms. The summed E-state index contributed by atoms with van der Waals surface area (Å²) in [7, 11) is 0. The minimum absolute atomic E-state index is 0.148. The molecule has 4 aliphatic carbocycles. The number of ketones is 1. The molecule has 0 saturated heterocycles. The number of esters is 2. The van der Waals surface area contributed by atoms with E-state index in [4.69, 9.17) is 9.47 Å². The molecule has 0 radical (unpaired) electrons. The van der Waals surface area contributed by atoms with Crippen molar-refractivity contribution in [2.45, 2.75) is 57.0 Å². The second-order valence-corrected chi connectivity index (χ2v) is 12.9. The lowest BCUT2D eigenvalue weighted by molar-refractivity contribution is -0.210. The maximum absolute atomic E-state index is 13.6. The van der Waals surface area contributed by atoms with Gasteiger partial charge in [0.15, 0.2) is 11.4 Å². The van der Waals surface area contributed by atoms with E-state index in [0.29, 0.717) is 22.3 Å². The average Bonchev–Trinajstić information content (AvgIpc) is 3.41. The Kier molecular flexibility index (Phi) is 6.42. The van der Waals surface area contributed by atoms with Crippen LogP contribution in [-0.2, 0) is 14.3 Å². The highest BCUT2D eigenvalue weighted by molar-refractivity contribution is 6.05. The van der Waals surface area contributed by atoms with Gasteiger partial charge in [-0.3, -0.25) is 4.79 Å². The van der Waals surface area contributed by atoms with Crippen molar-refractivity contribution in [1.29, 1.82) is 0 Å². The molecule has 8 atom stereocenters. The van der Waals surface area contributed by atoms with Crippen LogP contribution < -0.4 is 0 Å². The molecule has 0 spiro atoms. The number of hydrogen-bond acceptors (Lipinski definition) is 8. The van der Waals surface area contributed by atoms with Gasteiger partial charge >= 0.3 is 11.9 Å². The Morgan fingerprint density at radius 1 is 0.929 bits per heavy atom. The van der Waals surface area contributed by atoms with Crippen LogP contribution in [0, 0.1) is 29.1 Å². The van der Waals surface area contributed by atoms with E-state index in [9.17, 15) is 29.7 Å². The van der Waals surface area contributed by atoms with Gasteiger partial charge in [0.05, 0.1) is 23.3 Å². The van der Waals surface area contributed by atoms with Crippen LogP contribution in [-0.4, -0.2) is 62.6 Å². The monoisotopic (exact) mass is 572 g/mol. The first-order valence-corrected chi connectivity index (χ1v) is 14.4. The maximum Gasteiger partial charge on any atom is 0.338 e. The summed E-state index contributed by atoms with van der Waals surface area (Å²) < 4.78 is 12.6. The lowest BCUT2D eigenvalue weighted by Gasteiger charge is -2.53. The number of rotatable bonds is 5. The summed E-state index contributed by atoms with van der Waals surface area (Å²) in [5.41, 5.74) is -4.56. The normalized spacial score (nSPS) is 37.7. The molecule has 4 aliphatic rings. The third kappa shape index (κ3) is 3.68. The molecular weight excluding hydrogens is 536 g/mol. The molecule has 3 N–H and O–H groups in total. The standard InChI is InChI=1S/C34H36O8/c1-19-15-25-32(39,27(19)36)17-21(18-35)16-24-26-31(3,4)34(26,42-30(38)23-13-9-6-10-14-23)28(20(2)33(24,25)40)41-29(37)22-11-7-5-8-12-22/h5-16,20,24-26,28,35,39-40H,17-18H2,1-4H3/t20-,24+,25-,26-,28-,32+,33-,34-/m1/s1. The van der Waals surface area contributed by atoms with Gasteiger partial charge in [-0.2, -0.15) is 0 Å². The van der Waals surface area contributed by atoms with Crippen molar-refractivity contribution < 1.29 is 39.2 Å². The van der Waals surface area contributed by atoms with Crippen molar-refractivity contribution in [3.63, 3.8) is 0 Å². The van der Waals surface area contributed by atoms with Gasteiger partial charge in [0.2, 0.25) is 0 Å². The van der Waals surface area contributed by atoms with Crippen molar-refractivity contribution >= 4 is 17.7 Å². The molecule has 0 heterocycles. The molecule has 2 aromatic rings. The Balaban J connectivity index is 1.53. The second-order valence-electron chi connectivity index (χ2n) is 12.9. The van der Waals surface area contributed by atoms with E-state index in [-0.39, 0.29) is 6.42 Å². The molecule has 0 aliphatic heterocycles. The van der Waals surface area contributed by atoms with E-state index in [1.807, 2.05) is 13.8 Å². The van der Waals surface area contributed by atoms with Crippen LogP contribution in [0.5, 0.6) is 0 Å². The smallest absolute Gasteiger partial charge is 0.338 e. The first kappa shape index (κ1) is 28.5. The minimum Gasteiger partial charge on any atom is -0.454 e. The third-order valence-corrected chi connectivity index (χ3v) is 10.5. The summed E-state index contributed by atoms with van der Waals surface area (Å²) >= 11 is 0. The second kappa shape index (κ2) is 9.46. The van der Waals surface area contributed by atoms with Crippen LogP contribution in [0.4, 0.5) is 0 Å². The molecular formula is C34H36O8. The third-order valence-electron chi connectivity index (χ3n) is 10.5. The zero-order chi connectivity index (χ0) is 30.2. The number of Topliss-reactive ketones (excluding diaryl/α,β-unsaturated/α-hetero) is 1. The maximum atomic E-state index is 13.6. The van der Waals surface area contributed by atoms with Crippen molar-refractivity contribution in [3.8, 4) is 0 Å². The Bertz CT molecular complexity index is 1510. The van der Waals surface area contributed by atoms with Gasteiger partial charge in [0.1, 0.15) is 11.7 Å². The van der Waals surface area contributed by atoms with Gasteiger partial charge < -0.3 is 24.8 Å². The summed E-state index contributed by atoms with van der Waals surface area (Å²) in [5, 5.41) is 35.0. The lowest BCUT2D eigenvalue weighted by Crippen LogP contribution is -2.66. The zero-order valence-corrected chi connectivity index (χ0v) is 24.1. The van der Waals surface area contributed by atoms with Crippen LogP contribution in [0.25, 0.3) is 0 Å². The molecule has 6 rings (SSSR count). The minimum atomic E-state index is -1.98. The van der Waals surface area contributed by atoms with E-state index in [2.05, 4.69) is 0 Å². The van der Waals surface area contributed by atoms with Crippen LogP contribution in [0.15, 0.2) is 84.0 Å². The van der Waals surface area contributed by atoms with Crippen LogP contribution in [0.3, 0.4) is 0 Å². The molecule has 0 bridgehead atoms. The molecule has 42 heavy (non-hydrogen) atoms. The highest BCUT2D eigenvalue weighted by Crippen LogP contribution is 2.77. The van der Waals surface area contributed by atoms with Crippen LogP contribution in [0.2, 0.25) is 0 Å². The van der Waals surface area contributed by atoms with E-state index >= 15 is 0 Å². The Morgan fingerprint density at radius 3 is 2.07 bits per heavy atom. The first-order valence-electron chi connectivity index (χ1n) is 14.4. The predicted molar refractivity (Wildman–Crippen MR) is 152 cm³/mol. The summed E-state index contributed by atoms with van der Waals surface area (Å²) in [6, 6.07) is 17.0. The SMILES string of the molecule is CC1=C[C@H]2[C@@]3(O)[C@H](C)[C@@H](OC(=O)c4ccccc4)[C@]4(OC(=O)c5ccccc5)[C@H]([C@@H]3C=C(CO)C[C@@]2(O)C1=O)C4(C)C. The summed E-state index contributed by atoms with van der Waals surface area (Å²) in [5.74, 6) is -5.00. The Labute approximate surface area is 244 Å². The molecule has 0 unspecified atom stereocenters. The molecule has 2 saturated carbocycles. The van der Waals surface area contributed by atoms with Crippen molar-refractivity contribution in [2.24, 2.45) is 29.1 Å². The van der Waals surface area contributed by atoms with E-state index in [1.165, 1.54) is 0 Å². The van der Waals surface area contributed by atoms with Gasteiger partial charge in [0.25, 0.3) is 0 Å². The summed E-state index contributed by atoms with van der Waals surface area (Å²) in [6.45, 7) is 6.70. The largest absolute Gasteiger partial charge is 0.454 e. The van der Waals surface area contributed by atoms with Gasteiger partial charge in [-0.15, -0.1) is 0 Å². The number of aliphatic hydroxyl groups excluding tert-OH is 1. The van der Waals surface area contributed by atoms with E-state index in [0.717, 1.165) is 0 Å². The van der Waals surface area contributed by atoms with Crippen molar-refractivity contribution in [2.75, 3.05) is 6.61 Å². The van der Waals surface area contributed by atoms with E-state index < -0.39 is 76.3 Å². The van der Waals surface area contributed by atoms with Crippen molar-refractivity contribution in [3.05, 3.63) is 95.1 Å². The predicted octanol–water partition coefficient (Wildman–Crippen LogP) is 3.66. The number of benzene rings is 2. The highest BCUT2D eigenvalue weighted by Gasteiger charge is 2.88.